The molecule has 0 bridgehead atoms. The van der Waals surface area contributed by atoms with Crippen LogP contribution in [0.25, 0.3) is 0 Å². The minimum atomic E-state index is -0.188. The van der Waals surface area contributed by atoms with Crippen LogP contribution in [0.3, 0.4) is 0 Å². The summed E-state index contributed by atoms with van der Waals surface area (Å²) in [7, 11) is 0. The highest BCUT2D eigenvalue weighted by atomic mass is 16.2. The van der Waals surface area contributed by atoms with Gasteiger partial charge in [-0.3, -0.25) is 0 Å². The molecule has 0 aliphatic heterocycles. The minimum absolute atomic E-state index is 0.188. The lowest BCUT2D eigenvalue weighted by molar-refractivity contribution is 0.164. The monoisotopic (exact) mass is 356 g/mol. The summed E-state index contributed by atoms with van der Waals surface area (Å²) in [4.78, 5) is 14.6. The third-order valence-corrected chi connectivity index (χ3v) is 5.03. The Hall–Kier alpha value is -2.27. The molecule has 5 nitrogen and oxygen atoms in total. The van der Waals surface area contributed by atoms with Crippen LogP contribution in [-0.2, 0) is 6.42 Å². The average Bonchev–Trinajstić information content (AvgIpc) is 2.68. The summed E-state index contributed by atoms with van der Waals surface area (Å²) in [5, 5.41) is 1.20. The van der Waals surface area contributed by atoms with E-state index in [0.717, 1.165) is 32.1 Å². The van der Waals surface area contributed by atoms with Crippen molar-refractivity contribution in [3.63, 3.8) is 0 Å². The van der Waals surface area contributed by atoms with E-state index in [0.29, 0.717) is 30.4 Å². The number of hydrogen-bond acceptors (Lipinski definition) is 3. The molecule has 0 heterocycles. The Morgan fingerprint density at radius 3 is 2.46 bits per heavy atom. The maximum Gasteiger partial charge on any atom is 0.338 e. The molecule has 1 atom stereocenters. The molecule has 2 rings (SSSR count). The summed E-state index contributed by atoms with van der Waals surface area (Å²) in [6, 6.07) is 10.3. The molecule has 0 radical (unpaired) electrons. The second kappa shape index (κ2) is 10.0. The fourth-order valence-corrected chi connectivity index (χ4v) is 3.30. The first-order valence-corrected chi connectivity index (χ1v) is 9.60. The number of hydrogen-bond donors (Lipinski definition) is 2. The van der Waals surface area contributed by atoms with E-state index in [1.165, 1.54) is 10.6 Å². The maximum atomic E-state index is 12.8. The van der Waals surface area contributed by atoms with Gasteiger partial charge in [0.05, 0.1) is 11.4 Å². The van der Waals surface area contributed by atoms with Crippen LogP contribution < -0.4 is 11.6 Å². The summed E-state index contributed by atoms with van der Waals surface area (Å²) in [6.45, 7) is 5.52. The van der Waals surface area contributed by atoms with Gasteiger partial charge in [0.25, 0.3) is 0 Å². The van der Waals surface area contributed by atoms with Crippen LogP contribution >= 0.6 is 0 Å². The molecule has 0 spiro atoms. The van der Waals surface area contributed by atoms with Crippen molar-refractivity contribution >= 4 is 6.03 Å². The summed E-state index contributed by atoms with van der Waals surface area (Å²) in [6.07, 6.45) is 8.70. The Morgan fingerprint density at radius 2 is 1.85 bits per heavy atom. The van der Waals surface area contributed by atoms with Crippen molar-refractivity contribution in [2.45, 2.75) is 46.0 Å². The van der Waals surface area contributed by atoms with Gasteiger partial charge in [-0.2, -0.15) is 0 Å². The molecular weight excluding hydrogens is 324 g/mol. The average molecular weight is 357 g/mol. The van der Waals surface area contributed by atoms with Crippen molar-refractivity contribution in [3.05, 3.63) is 59.4 Å². The van der Waals surface area contributed by atoms with Gasteiger partial charge in [0.1, 0.15) is 0 Å². The molecule has 5 heteroatoms. The van der Waals surface area contributed by atoms with E-state index < -0.39 is 0 Å². The summed E-state index contributed by atoms with van der Waals surface area (Å²) in [5.41, 5.74) is 8.54. The molecule has 142 valence electrons. The highest BCUT2D eigenvalue weighted by Gasteiger charge is 2.23. The van der Waals surface area contributed by atoms with Crippen LogP contribution in [0.1, 0.15) is 45.1 Å². The zero-order chi connectivity index (χ0) is 18.9. The number of amides is 2. The SMILES string of the molecule is CCC(CCN(CC)C(=O)N(N)C1=CCCC=C1N)Cc1ccccc1. The third-order valence-electron chi connectivity index (χ3n) is 5.03. The van der Waals surface area contributed by atoms with Gasteiger partial charge in [0.15, 0.2) is 0 Å². The van der Waals surface area contributed by atoms with E-state index in [4.69, 9.17) is 11.6 Å². The smallest absolute Gasteiger partial charge is 0.338 e. The Bertz CT molecular complexity index is 639. The van der Waals surface area contributed by atoms with Gasteiger partial charge in [-0.05, 0) is 44.1 Å². The summed E-state index contributed by atoms with van der Waals surface area (Å²) >= 11 is 0. The fourth-order valence-electron chi connectivity index (χ4n) is 3.30. The quantitative estimate of drug-likeness (QED) is 0.423. The van der Waals surface area contributed by atoms with Gasteiger partial charge in [-0.25, -0.2) is 15.6 Å². The van der Waals surface area contributed by atoms with Crippen LogP contribution in [0, 0.1) is 5.92 Å². The third kappa shape index (κ3) is 5.36. The first-order chi connectivity index (χ1) is 12.6. The number of allylic oxidation sites excluding steroid dienone is 2. The molecule has 0 saturated heterocycles. The lowest BCUT2D eigenvalue weighted by Gasteiger charge is -2.30. The predicted molar refractivity (Wildman–Crippen MR) is 107 cm³/mol. The molecule has 0 fully saturated rings. The topological polar surface area (TPSA) is 75.6 Å². The molecule has 1 aromatic carbocycles. The van der Waals surface area contributed by atoms with Crippen molar-refractivity contribution < 1.29 is 4.79 Å². The Labute approximate surface area is 157 Å². The van der Waals surface area contributed by atoms with E-state index in [2.05, 4.69) is 31.2 Å². The second-order valence-corrected chi connectivity index (χ2v) is 6.81. The van der Waals surface area contributed by atoms with E-state index in [-0.39, 0.29) is 6.03 Å². The number of benzene rings is 1. The highest BCUT2D eigenvalue weighted by molar-refractivity contribution is 5.76. The lowest BCUT2D eigenvalue weighted by atomic mass is 9.93. The van der Waals surface area contributed by atoms with E-state index in [1.807, 2.05) is 25.1 Å². The number of urea groups is 1. The van der Waals surface area contributed by atoms with Crippen molar-refractivity contribution in [3.8, 4) is 0 Å². The number of nitrogens with zero attached hydrogens (tertiary/aromatic N) is 2. The fraction of sp³-hybridized carbons (Fsp3) is 0.476. The zero-order valence-electron chi connectivity index (χ0n) is 16.0. The number of rotatable bonds is 8. The Kier molecular flexibility index (Phi) is 7.73. The number of hydrazine groups is 1. The standard InChI is InChI=1S/C21H32N4O/c1-3-17(16-18-10-6-5-7-11-18)14-15-24(4-2)21(26)25(23)20-13-9-8-12-19(20)22/h5-7,10-13,17H,3-4,8-9,14-16,22-23H2,1-2H3. The van der Waals surface area contributed by atoms with Crippen LogP contribution in [0.5, 0.6) is 0 Å². The first-order valence-electron chi connectivity index (χ1n) is 9.60. The second-order valence-electron chi connectivity index (χ2n) is 6.81. The summed E-state index contributed by atoms with van der Waals surface area (Å²) in [5.74, 6) is 6.62. The molecular formula is C21H32N4O. The van der Waals surface area contributed by atoms with E-state index >= 15 is 0 Å². The molecule has 0 saturated carbocycles. The Balaban J connectivity index is 1.93. The van der Waals surface area contributed by atoms with Gasteiger partial charge < -0.3 is 10.6 Å². The molecule has 2 amide bonds. The molecule has 26 heavy (non-hydrogen) atoms. The van der Waals surface area contributed by atoms with E-state index in [1.54, 1.807) is 4.90 Å². The number of carbonyl (C=O) groups excluding carboxylic acids is 1. The molecule has 1 aliphatic carbocycles. The molecule has 1 aromatic rings. The summed E-state index contributed by atoms with van der Waals surface area (Å²) < 4.78 is 0. The normalized spacial score (nSPS) is 15.0. The molecule has 1 unspecified atom stereocenters. The van der Waals surface area contributed by atoms with Gasteiger partial charge in [-0.1, -0.05) is 55.8 Å². The lowest BCUT2D eigenvalue weighted by Crippen LogP contribution is -2.48. The van der Waals surface area contributed by atoms with Crippen molar-refractivity contribution in [1.29, 1.82) is 0 Å². The van der Waals surface area contributed by atoms with Gasteiger partial charge in [-0.15, -0.1) is 0 Å². The van der Waals surface area contributed by atoms with Crippen LogP contribution in [0.2, 0.25) is 0 Å². The van der Waals surface area contributed by atoms with Crippen LogP contribution in [0.4, 0.5) is 4.79 Å². The number of nitrogens with two attached hydrogens (primary N) is 2. The van der Waals surface area contributed by atoms with Crippen LogP contribution in [0.15, 0.2) is 53.9 Å². The van der Waals surface area contributed by atoms with Gasteiger partial charge in [0, 0.05) is 13.1 Å². The first kappa shape index (κ1) is 20.0. The minimum Gasteiger partial charge on any atom is -0.397 e. The van der Waals surface area contributed by atoms with Gasteiger partial charge >= 0.3 is 6.03 Å². The Morgan fingerprint density at radius 1 is 1.15 bits per heavy atom. The van der Waals surface area contributed by atoms with Crippen molar-refractivity contribution in [2.75, 3.05) is 13.1 Å². The molecule has 1 aliphatic rings. The van der Waals surface area contributed by atoms with Crippen molar-refractivity contribution in [2.24, 2.45) is 17.5 Å². The van der Waals surface area contributed by atoms with Crippen LogP contribution in [-0.4, -0.2) is 29.0 Å². The zero-order valence-corrected chi connectivity index (χ0v) is 16.0. The molecule has 4 N–H and O–H groups in total. The van der Waals surface area contributed by atoms with E-state index in [9.17, 15) is 4.79 Å². The number of carbonyl (C=O) groups is 1. The van der Waals surface area contributed by atoms with Gasteiger partial charge in [0.2, 0.25) is 0 Å². The van der Waals surface area contributed by atoms with Crippen molar-refractivity contribution in [1.82, 2.24) is 9.91 Å². The largest absolute Gasteiger partial charge is 0.397 e. The predicted octanol–water partition coefficient (Wildman–Crippen LogP) is 3.78. The maximum absolute atomic E-state index is 12.8. The molecule has 0 aromatic heterocycles. The highest BCUT2D eigenvalue weighted by Crippen LogP contribution is 2.19.